The van der Waals surface area contributed by atoms with Crippen LogP contribution in [0.15, 0.2) is 47.1 Å². The Kier molecular flexibility index (Phi) is 4.58. The number of hydrogen-bond acceptors (Lipinski definition) is 3. The van der Waals surface area contributed by atoms with Crippen molar-refractivity contribution >= 4 is 6.03 Å². The van der Waals surface area contributed by atoms with E-state index in [9.17, 15) is 4.79 Å². The average molecular weight is 260 g/mol. The van der Waals surface area contributed by atoms with Crippen LogP contribution in [0.5, 0.6) is 0 Å². The Hall–Kier alpha value is -2.27. The molecule has 0 bridgehead atoms. The van der Waals surface area contributed by atoms with E-state index in [0.29, 0.717) is 13.2 Å². The molecule has 0 spiro atoms. The lowest BCUT2D eigenvalue weighted by Gasteiger charge is -2.07. The molecule has 100 valence electrons. The van der Waals surface area contributed by atoms with E-state index in [1.807, 2.05) is 43.3 Å². The number of urea groups is 1. The standard InChI is InChI=1S/C14H16N2O3/c1-11-13(7-8-18-11)9-15-14(17)16-19-10-12-5-3-2-4-6-12/h2-8H,9-10H2,1H3,(H2,15,16,17). The highest BCUT2D eigenvalue weighted by molar-refractivity contribution is 5.72. The first-order valence-electron chi connectivity index (χ1n) is 5.98. The molecule has 5 nitrogen and oxygen atoms in total. The van der Waals surface area contributed by atoms with Gasteiger partial charge in [0, 0.05) is 12.1 Å². The van der Waals surface area contributed by atoms with Crippen LogP contribution in [0.3, 0.4) is 0 Å². The van der Waals surface area contributed by atoms with Gasteiger partial charge in [0.2, 0.25) is 0 Å². The van der Waals surface area contributed by atoms with Crippen LogP contribution >= 0.6 is 0 Å². The third-order valence-electron chi connectivity index (χ3n) is 2.65. The van der Waals surface area contributed by atoms with Gasteiger partial charge in [0.1, 0.15) is 5.76 Å². The molecule has 0 saturated heterocycles. The molecule has 0 aliphatic heterocycles. The van der Waals surface area contributed by atoms with Gasteiger partial charge in [-0.05, 0) is 18.6 Å². The summed E-state index contributed by atoms with van der Waals surface area (Å²) in [4.78, 5) is 16.6. The molecular weight excluding hydrogens is 244 g/mol. The van der Waals surface area contributed by atoms with Crippen molar-refractivity contribution in [2.24, 2.45) is 0 Å². The Bertz CT molecular complexity index is 522. The molecule has 2 amide bonds. The number of nitrogens with one attached hydrogen (secondary N) is 2. The van der Waals surface area contributed by atoms with Gasteiger partial charge in [0.25, 0.3) is 0 Å². The maximum atomic E-state index is 11.5. The Morgan fingerprint density at radius 3 is 2.74 bits per heavy atom. The van der Waals surface area contributed by atoms with Gasteiger partial charge in [0.15, 0.2) is 0 Å². The Morgan fingerprint density at radius 2 is 2.05 bits per heavy atom. The van der Waals surface area contributed by atoms with Crippen molar-refractivity contribution in [3.8, 4) is 0 Å². The lowest BCUT2D eigenvalue weighted by atomic mass is 10.2. The largest absolute Gasteiger partial charge is 0.469 e. The minimum Gasteiger partial charge on any atom is -0.469 e. The quantitative estimate of drug-likeness (QED) is 0.812. The van der Waals surface area contributed by atoms with Gasteiger partial charge < -0.3 is 9.73 Å². The lowest BCUT2D eigenvalue weighted by molar-refractivity contribution is 0.0489. The van der Waals surface area contributed by atoms with Gasteiger partial charge in [-0.2, -0.15) is 0 Å². The molecule has 5 heteroatoms. The Morgan fingerprint density at radius 1 is 1.26 bits per heavy atom. The van der Waals surface area contributed by atoms with E-state index in [4.69, 9.17) is 9.25 Å². The van der Waals surface area contributed by atoms with Crippen molar-refractivity contribution in [1.29, 1.82) is 0 Å². The van der Waals surface area contributed by atoms with Gasteiger partial charge in [-0.3, -0.25) is 4.84 Å². The minimum absolute atomic E-state index is 0.332. The summed E-state index contributed by atoms with van der Waals surface area (Å²) in [7, 11) is 0. The maximum absolute atomic E-state index is 11.5. The zero-order chi connectivity index (χ0) is 13.5. The topological polar surface area (TPSA) is 63.5 Å². The molecule has 0 atom stereocenters. The normalized spacial score (nSPS) is 10.2. The van der Waals surface area contributed by atoms with Gasteiger partial charge in [-0.15, -0.1) is 0 Å². The van der Waals surface area contributed by atoms with Crippen molar-refractivity contribution < 1.29 is 14.0 Å². The summed E-state index contributed by atoms with van der Waals surface area (Å²) in [6.45, 7) is 2.59. The van der Waals surface area contributed by atoms with E-state index >= 15 is 0 Å². The summed E-state index contributed by atoms with van der Waals surface area (Å²) in [5.41, 5.74) is 4.27. The number of amides is 2. The van der Waals surface area contributed by atoms with Crippen LogP contribution in [0.1, 0.15) is 16.9 Å². The van der Waals surface area contributed by atoms with Crippen LogP contribution in [-0.4, -0.2) is 6.03 Å². The van der Waals surface area contributed by atoms with Crippen LogP contribution in [-0.2, 0) is 18.0 Å². The second-order valence-corrected chi connectivity index (χ2v) is 4.06. The summed E-state index contributed by atoms with van der Waals surface area (Å²) in [5, 5.41) is 2.68. The third-order valence-corrected chi connectivity index (χ3v) is 2.65. The number of furan rings is 1. The number of aryl methyl sites for hydroxylation is 1. The molecule has 1 aromatic heterocycles. The molecular formula is C14H16N2O3. The van der Waals surface area contributed by atoms with Crippen LogP contribution in [0.4, 0.5) is 4.79 Å². The van der Waals surface area contributed by atoms with E-state index in [0.717, 1.165) is 16.9 Å². The number of rotatable bonds is 5. The molecule has 1 aromatic carbocycles. The molecule has 0 aliphatic rings. The molecule has 2 aromatic rings. The smallest absolute Gasteiger partial charge is 0.338 e. The number of benzene rings is 1. The second-order valence-electron chi connectivity index (χ2n) is 4.06. The van der Waals surface area contributed by atoms with Crippen molar-refractivity contribution in [3.63, 3.8) is 0 Å². The molecule has 2 rings (SSSR count). The van der Waals surface area contributed by atoms with Gasteiger partial charge in [0.05, 0.1) is 12.9 Å². The fourth-order valence-electron chi connectivity index (χ4n) is 1.57. The Balaban J connectivity index is 1.66. The lowest BCUT2D eigenvalue weighted by Crippen LogP contribution is -2.34. The van der Waals surface area contributed by atoms with E-state index in [2.05, 4.69) is 10.8 Å². The molecule has 2 N–H and O–H groups in total. The molecule has 1 heterocycles. The average Bonchev–Trinajstić information content (AvgIpc) is 2.83. The van der Waals surface area contributed by atoms with Crippen LogP contribution in [0, 0.1) is 6.92 Å². The maximum Gasteiger partial charge on any atom is 0.338 e. The molecule has 0 unspecified atom stereocenters. The first kappa shape index (κ1) is 13.2. The van der Waals surface area contributed by atoms with Crippen molar-refractivity contribution in [2.75, 3.05) is 0 Å². The Labute approximate surface area is 111 Å². The van der Waals surface area contributed by atoms with Crippen molar-refractivity contribution in [3.05, 3.63) is 59.5 Å². The fraction of sp³-hybridized carbons (Fsp3) is 0.214. The van der Waals surface area contributed by atoms with Crippen molar-refractivity contribution in [2.45, 2.75) is 20.1 Å². The second kappa shape index (κ2) is 6.61. The summed E-state index contributed by atoms with van der Waals surface area (Å²) in [5.74, 6) is 0.797. The van der Waals surface area contributed by atoms with E-state index < -0.39 is 0 Å². The zero-order valence-electron chi connectivity index (χ0n) is 10.7. The van der Waals surface area contributed by atoms with Crippen LogP contribution < -0.4 is 10.8 Å². The minimum atomic E-state index is -0.378. The highest BCUT2D eigenvalue weighted by Crippen LogP contribution is 2.07. The summed E-state index contributed by atoms with van der Waals surface area (Å²) in [6, 6.07) is 11.1. The van der Waals surface area contributed by atoms with E-state index in [-0.39, 0.29) is 6.03 Å². The molecule has 0 saturated carbocycles. The monoisotopic (exact) mass is 260 g/mol. The van der Waals surface area contributed by atoms with E-state index in [1.54, 1.807) is 6.26 Å². The highest BCUT2D eigenvalue weighted by atomic mass is 16.7. The molecule has 19 heavy (non-hydrogen) atoms. The first-order chi connectivity index (χ1) is 9.25. The highest BCUT2D eigenvalue weighted by Gasteiger charge is 2.04. The van der Waals surface area contributed by atoms with Gasteiger partial charge in [-0.25, -0.2) is 10.3 Å². The number of hydrogen-bond donors (Lipinski definition) is 2. The summed E-state index contributed by atoms with van der Waals surface area (Å²) in [6.07, 6.45) is 1.59. The predicted molar refractivity (Wildman–Crippen MR) is 70.0 cm³/mol. The van der Waals surface area contributed by atoms with Crippen molar-refractivity contribution in [1.82, 2.24) is 10.8 Å². The molecule has 0 fully saturated rings. The molecule has 0 aliphatic carbocycles. The van der Waals surface area contributed by atoms with Gasteiger partial charge in [-0.1, -0.05) is 30.3 Å². The first-order valence-corrected chi connectivity index (χ1v) is 5.98. The molecule has 0 radical (unpaired) electrons. The third kappa shape index (κ3) is 4.15. The van der Waals surface area contributed by atoms with E-state index in [1.165, 1.54) is 0 Å². The number of hydroxylamine groups is 1. The van der Waals surface area contributed by atoms with Crippen LogP contribution in [0.25, 0.3) is 0 Å². The zero-order valence-corrected chi connectivity index (χ0v) is 10.7. The number of carbonyl (C=O) groups is 1. The number of carbonyl (C=O) groups excluding carboxylic acids is 1. The van der Waals surface area contributed by atoms with Crippen LogP contribution in [0.2, 0.25) is 0 Å². The van der Waals surface area contributed by atoms with Gasteiger partial charge >= 0.3 is 6.03 Å². The predicted octanol–water partition coefficient (Wildman–Crippen LogP) is 2.52. The summed E-state index contributed by atoms with van der Waals surface area (Å²) < 4.78 is 5.13. The fourth-order valence-corrected chi connectivity index (χ4v) is 1.57. The summed E-state index contributed by atoms with van der Waals surface area (Å²) >= 11 is 0. The SMILES string of the molecule is Cc1occc1CNC(=O)NOCc1ccccc1.